The third kappa shape index (κ3) is 4.37. The van der Waals surface area contributed by atoms with Crippen LogP contribution < -0.4 is 10.6 Å². The van der Waals surface area contributed by atoms with Crippen molar-refractivity contribution in [2.45, 2.75) is 37.6 Å². The van der Waals surface area contributed by atoms with Crippen molar-refractivity contribution in [3.8, 4) is 0 Å². The van der Waals surface area contributed by atoms with Gasteiger partial charge in [-0.3, -0.25) is 5.32 Å². The van der Waals surface area contributed by atoms with Gasteiger partial charge in [0.1, 0.15) is 0 Å². The number of hydrogen-bond donors (Lipinski definition) is 3. The van der Waals surface area contributed by atoms with Crippen molar-refractivity contribution in [2.24, 2.45) is 0 Å². The molecule has 1 fully saturated rings. The molecule has 0 atom stereocenters. The summed E-state index contributed by atoms with van der Waals surface area (Å²) in [7, 11) is 0. The van der Waals surface area contributed by atoms with Crippen LogP contribution in [-0.4, -0.2) is 28.3 Å². The lowest BCUT2D eigenvalue weighted by Crippen LogP contribution is -2.46. The lowest BCUT2D eigenvalue weighted by molar-refractivity contribution is -0.0390. The first-order valence-electron chi connectivity index (χ1n) is 4.57. The summed E-state index contributed by atoms with van der Waals surface area (Å²) in [4.78, 5) is 10.2. The van der Waals surface area contributed by atoms with Crippen LogP contribution in [0.1, 0.15) is 25.7 Å². The molecule has 0 spiro atoms. The predicted octanol–water partition coefficient (Wildman–Crippen LogP) is 1.71. The highest BCUT2D eigenvalue weighted by atomic mass is 32.1. The van der Waals surface area contributed by atoms with Crippen molar-refractivity contribution in [1.29, 1.82) is 0 Å². The summed E-state index contributed by atoms with van der Waals surface area (Å²) in [6, 6.07) is -0.163. The molecular weight excluding hydrogens is 226 g/mol. The third-order valence-electron chi connectivity index (χ3n) is 2.27. The van der Waals surface area contributed by atoms with E-state index in [1.807, 2.05) is 5.32 Å². The van der Waals surface area contributed by atoms with Gasteiger partial charge in [0, 0.05) is 18.9 Å². The molecule has 0 aromatic carbocycles. The van der Waals surface area contributed by atoms with Gasteiger partial charge >= 0.3 is 6.09 Å². The molecule has 0 bridgehead atoms. The Hall–Kier alpha value is -0.980. The van der Waals surface area contributed by atoms with Crippen molar-refractivity contribution >= 4 is 23.4 Å². The van der Waals surface area contributed by atoms with Crippen LogP contribution in [-0.2, 0) is 0 Å². The lowest BCUT2D eigenvalue weighted by atomic mass is 9.92. The Labute approximate surface area is 91.0 Å². The zero-order chi connectivity index (χ0) is 11.5. The van der Waals surface area contributed by atoms with E-state index in [1.165, 1.54) is 0 Å². The van der Waals surface area contributed by atoms with Crippen LogP contribution >= 0.6 is 12.2 Å². The summed E-state index contributed by atoms with van der Waals surface area (Å²) in [5.74, 6) is -2.58. The molecule has 0 heterocycles. The summed E-state index contributed by atoms with van der Waals surface area (Å²) >= 11 is 4.68. The molecule has 0 saturated heterocycles. The van der Waals surface area contributed by atoms with Crippen molar-refractivity contribution in [3.63, 3.8) is 0 Å². The van der Waals surface area contributed by atoms with Gasteiger partial charge in [-0.2, -0.15) is 0 Å². The molecular formula is C8H12F2N2O2S. The second kappa shape index (κ2) is 4.69. The molecule has 0 aliphatic heterocycles. The zero-order valence-electron chi connectivity index (χ0n) is 7.93. The Bertz CT molecular complexity index is 263. The molecule has 3 N–H and O–H groups in total. The van der Waals surface area contributed by atoms with E-state index in [1.54, 1.807) is 0 Å². The van der Waals surface area contributed by atoms with Gasteiger partial charge in [-0.15, -0.1) is 0 Å². The Morgan fingerprint density at radius 2 is 1.93 bits per heavy atom. The maximum atomic E-state index is 12.8. The van der Waals surface area contributed by atoms with Crippen LogP contribution in [0.3, 0.4) is 0 Å². The van der Waals surface area contributed by atoms with Gasteiger partial charge in [-0.25, -0.2) is 13.6 Å². The van der Waals surface area contributed by atoms with Gasteiger partial charge in [-0.1, -0.05) is 0 Å². The number of amides is 1. The van der Waals surface area contributed by atoms with Crippen LogP contribution in [0.15, 0.2) is 0 Å². The fourth-order valence-electron chi connectivity index (χ4n) is 1.50. The highest BCUT2D eigenvalue weighted by molar-refractivity contribution is 7.80. The summed E-state index contributed by atoms with van der Waals surface area (Å²) in [6.45, 7) is 0. The monoisotopic (exact) mass is 238 g/mol. The average Bonchev–Trinajstić information content (AvgIpc) is 2.07. The average molecular weight is 238 g/mol. The van der Waals surface area contributed by atoms with E-state index in [4.69, 9.17) is 5.11 Å². The number of nitrogens with one attached hydrogen (secondary N) is 2. The fraction of sp³-hybridized carbons (Fsp3) is 0.750. The molecule has 0 aromatic heterocycles. The molecule has 4 nitrogen and oxygen atoms in total. The first-order valence-corrected chi connectivity index (χ1v) is 4.98. The Kier molecular flexibility index (Phi) is 3.78. The molecule has 15 heavy (non-hydrogen) atoms. The first kappa shape index (κ1) is 12.1. The molecule has 1 saturated carbocycles. The van der Waals surface area contributed by atoms with E-state index in [-0.39, 0.29) is 24.0 Å². The minimum Gasteiger partial charge on any atom is -0.465 e. The number of carbonyl (C=O) groups is 1. The molecule has 0 aromatic rings. The van der Waals surface area contributed by atoms with Crippen molar-refractivity contribution in [1.82, 2.24) is 10.6 Å². The van der Waals surface area contributed by atoms with Crippen LogP contribution in [0.2, 0.25) is 0 Å². The molecule has 0 unspecified atom stereocenters. The minimum absolute atomic E-state index is 0.0299. The Morgan fingerprint density at radius 3 is 2.40 bits per heavy atom. The highest BCUT2D eigenvalue weighted by Crippen LogP contribution is 2.32. The van der Waals surface area contributed by atoms with Crippen molar-refractivity contribution in [2.75, 3.05) is 0 Å². The molecule has 1 amide bonds. The van der Waals surface area contributed by atoms with Gasteiger partial charge in [-0.05, 0) is 25.1 Å². The quantitative estimate of drug-likeness (QED) is 0.608. The number of alkyl halides is 2. The van der Waals surface area contributed by atoms with Crippen LogP contribution in [0.25, 0.3) is 0 Å². The first-order chi connectivity index (χ1) is 6.89. The molecule has 0 radical (unpaired) electrons. The molecule has 86 valence electrons. The molecule has 7 heteroatoms. The van der Waals surface area contributed by atoms with Crippen molar-refractivity contribution < 1.29 is 18.7 Å². The van der Waals surface area contributed by atoms with E-state index in [0.29, 0.717) is 12.8 Å². The molecule has 1 aliphatic rings. The SMILES string of the molecule is O=C(O)NC(=S)NC1CCC(F)(F)CC1. The van der Waals surface area contributed by atoms with Crippen LogP contribution in [0.5, 0.6) is 0 Å². The summed E-state index contributed by atoms with van der Waals surface area (Å²) in [5.41, 5.74) is 0. The van der Waals surface area contributed by atoms with E-state index in [9.17, 15) is 13.6 Å². The van der Waals surface area contributed by atoms with Gasteiger partial charge < -0.3 is 10.4 Å². The maximum absolute atomic E-state index is 12.8. The third-order valence-corrected chi connectivity index (χ3v) is 2.49. The summed E-state index contributed by atoms with van der Waals surface area (Å²) < 4.78 is 25.5. The van der Waals surface area contributed by atoms with E-state index in [0.717, 1.165) is 0 Å². The smallest absolute Gasteiger partial charge is 0.410 e. The summed E-state index contributed by atoms with van der Waals surface area (Å²) in [6.07, 6.45) is -1.02. The number of rotatable bonds is 1. The van der Waals surface area contributed by atoms with Gasteiger partial charge in [0.05, 0.1) is 0 Å². The normalized spacial score (nSPS) is 20.7. The minimum atomic E-state index is -2.58. The van der Waals surface area contributed by atoms with Crippen LogP contribution in [0.4, 0.5) is 13.6 Å². The van der Waals surface area contributed by atoms with Gasteiger partial charge in [0.2, 0.25) is 5.92 Å². The van der Waals surface area contributed by atoms with E-state index in [2.05, 4.69) is 17.5 Å². The topological polar surface area (TPSA) is 61.4 Å². The molecule has 1 rings (SSSR count). The van der Waals surface area contributed by atoms with Crippen molar-refractivity contribution in [3.05, 3.63) is 0 Å². The largest absolute Gasteiger partial charge is 0.465 e. The number of carboxylic acid groups (broad SMARTS) is 1. The lowest BCUT2D eigenvalue weighted by Gasteiger charge is -2.29. The van der Waals surface area contributed by atoms with Crippen LogP contribution in [0, 0.1) is 0 Å². The second-order valence-electron chi connectivity index (χ2n) is 3.53. The number of thiocarbonyl (C=S) groups is 1. The van der Waals surface area contributed by atoms with Gasteiger partial charge in [0.15, 0.2) is 5.11 Å². The second-order valence-corrected chi connectivity index (χ2v) is 3.94. The molecule has 1 aliphatic carbocycles. The number of hydrogen-bond acceptors (Lipinski definition) is 2. The Balaban J connectivity index is 2.29. The standard InChI is InChI=1S/C8H12F2N2O2S/c9-8(10)3-1-5(2-4-8)11-6(15)12-7(13)14/h5H,1-4H2,(H,13,14)(H2,11,12,15). The van der Waals surface area contributed by atoms with E-state index >= 15 is 0 Å². The van der Waals surface area contributed by atoms with Gasteiger partial charge in [0.25, 0.3) is 0 Å². The Morgan fingerprint density at radius 1 is 1.40 bits per heavy atom. The van der Waals surface area contributed by atoms with E-state index < -0.39 is 12.0 Å². The number of halogens is 2. The zero-order valence-corrected chi connectivity index (χ0v) is 8.74. The summed E-state index contributed by atoms with van der Waals surface area (Å²) in [5, 5.41) is 13.0. The fourth-order valence-corrected chi connectivity index (χ4v) is 1.76. The maximum Gasteiger partial charge on any atom is 0.410 e. The predicted molar refractivity (Wildman–Crippen MR) is 54.1 cm³/mol. The highest BCUT2D eigenvalue weighted by Gasteiger charge is 2.35.